The lowest BCUT2D eigenvalue weighted by atomic mass is 10.1. The van der Waals surface area contributed by atoms with E-state index in [0.717, 1.165) is 11.3 Å². The van der Waals surface area contributed by atoms with Crippen molar-refractivity contribution in [1.29, 1.82) is 0 Å². The fourth-order valence-electron chi connectivity index (χ4n) is 1.22. The molecule has 0 aliphatic carbocycles. The zero-order chi connectivity index (χ0) is 9.97. The van der Waals surface area contributed by atoms with Crippen LogP contribution in [0.4, 0.5) is 0 Å². The molecule has 1 nitrogen and oxygen atoms in total. The van der Waals surface area contributed by atoms with Crippen LogP contribution in [0.2, 0.25) is 10.0 Å². The van der Waals surface area contributed by atoms with Crippen molar-refractivity contribution in [2.75, 3.05) is 0 Å². The SMILES string of the molecule is Clc1cnc(-c2ccccc2)c(Cl)c1. The summed E-state index contributed by atoms with van der Waals surface area (Å²) in [6.45, 7) is 0. The van der Waals surface area contributed by atoms with E-state index in [1.54, 1.807) is 12.3 Å². The van der Waals surface area contributed by atoms with Gasteiger partial charge in [-0.3, -0.25) is 4.98 Å². The Morgan fingerprint density at radius 3 is 2.36 bits per heavy atom. The maximum absolute atomic E-state index is 6.02. The van der Waals surface area contributed by atoms with E-state index >= 15 is 0 Å². The fourth-order valence-corrected chi connectivity index (χ4v) is 1.71. The van der Waals surface area contributed by atoms with Gasteiger partial charge in [0.05, 0.1) is 15.7 Å². The normalized spacial score (nSPS) is 10.1. The Morgan fingerprint density at radius 2 is 1.71 bits per heavy atom. The Morgan fingerprint density at radius 1 is 1.00 bits per heavy atom. The van der Waals surface area contributed by atoms with Gasteiger partial charge in [-0.2, -0.15) is 0 Å². The predicted octanol–water partition coefficient (Wildman–Crippen LogP) is 4.06. The summed E-state index contributed by atoms with van der Waals surface area (Å²) < 4.78 is 0. The van der Waals surface area contributed by atoms with E-state index in [-0.39, 0.29) is 0 Å². The number of pyridine rings is 1. The van der Waals surface area contributed by atoms with Gasteiger partial charge >= 0.3 is 0 Å². The van der Waals surface area contributed by atoms with E-state index in [1.807, 2.05) is 30.3 Å². The van der Waals surface area contributed by atoms with Crippen molar-refractivity contribution in [2.24, 2.45) is 0 Å². The Labute approximate surface area is 92.3 Å². The second-order valence-electron chi connectivity index (χ2n) is 2.85. The number of aromatic nitrogens is 1. The number of hydrogen-bond acceptors (Lipinski definition) is 1. The number of hydrogen-bond donors (Lipinski definition) is 0. The van der Waals surface area contributed by atoms with E-state index in [9.17, 15) is 0 Å². The standard InChI is InChI=1S/C11H7Cl2N/c12-9-6-10(13)11(14-7-9)8-4-2-1-3-5-8/h1-7H. The third-order valence-corrected chi connectivity index (χ3v) is 2.35. The van der Waals surface area contributed by atoms with Gasteiger partial charge < -0.3 is 0 Å². The summed E-state index contributed by atoms with van der Waals surface area (Å²) in [4.78, 5) is 4.18. The van der Waals surface area contributed by atoms with Crippen LogP contribution >= 0.6 is 23.2 Å². The molecule has 0 aliphatic heterocycles. The first-order chi connectivity index (χ1) is 6.77. The fraction of sp³-hybridized carbons (Fsp3) is 0. The Hall–Kier alpha value is -1.05. The molecule has 0 saturated carbocycles. The molecule has 0 saturated heterocycles. The van der Waals surface area contributed by atoms with Crippen LogP contribution in [0.3, 0.4) is 0 Å². The average Bonchev–Trinajstić information content (AvgIpc) is 2.19. The molecule has 0 aliphatic rings. The second-order valence-corrected chi connectivity index (χ2v) is 3.69. The lowest BCUT2D eigenvalue weighted by Gasteiger charge is -2.02. The number of benzene rings is 1. The van der Waals surface area contributed by atoms with E-state index in [1.165, 1.54) is 0 Å². The quantitative estimate of drug-likeness (QED) is 0.711. The van der Waals surface area contributed by atoms with Crippen molar-refractivity contribution in [2.45, 2.75) is 0 Å². The lowest BCUT2D eigenvalue weighted by molar-refractivity contribution is 1.33. The molecule has 70 valence electrons. The van der Waals surface area contributed by atoms with Crippen molar-refractivity contribution in [3.63, 3.8) is 0 Å². The van der Waals surface area contributed by atoms with Crippen LogP contribution in [0.15, 0.2) is 42.6 Å². The van der Waals surface area contributed by atoms with Crippen molar-refractivity contribution in [1.82, 2.24) is 4.98 Å². The highest BCUT2D eigenvalue weighted by Crippen LogP contribution is 2.27. The van der Waals surface area contributed by atoms with Crippen molar-refractivity contribution < 1.29 is 0 Å². The molecule has 0 bridgehead atoms. The molecule has 2 rings (SSSR count). The predicted molar refractivity (Wildman–Crippen MR) is 59.7 cm³/mol. The number of halogens is 2. The summed E-state index contributed by atoms with van der Waals surface area (Å²) >= 11 is 11.8. The summed E-state index contributed by atoms with van der Waals surface area (Å²) in [5.41, 5.74) is 1.76. The maximum atomic E-state index is 6.02. The molecule has 0 N–H and O–H groups in total. The van der Waals surface area contributed by atoms with Crippen LogP contribution in [-0.4, -0.2) is 4.98 Å². The Bertz CT molecular complexity index is 440. The number of rotatable bonds is 1. The summed E-state index contributed by atoms with van der Waals surface area (Å²) in [6, 6.07) is 11.5. The van der Waals surface area contributed by atoms with Gasteiger partial charge in [-0.25, -0.2) is 0 Å². The average molecular weight is 224 g/mol. The molecule has 0 amide bonds. The van der Waals surface area contributed by atoms with Crippen LogP contribution in [0, 0.1) is 0 Å². The highest BCUT2D eigenvalue weighted by Gasteiger charge is 2.04. The molecular weight excluding hydrogens is 217 g/mol. The molecule has 0 radical (unpaired) electrons. The molecule has 2 aromatic rings. The monoisotopic (exact) mass is 223 g/mol. The van der Waals surface area contributed by atoms with Gasteiger partial charge in [-0.05, 0) is 6.07 Å². The third kappa shape index (κ3) is 1.89. The molecule has 1 aromatic heterocycles. The Balaban J connectivity index is 2.53. The van der Waals surface area contributed by atoms with E-state index in [0.29, 0.717) is 10.0 Å². The van der Waals surface area contributed by atoms with Gasteiger partial charge in [0.1, 0.15) is 0 Å². The van der Waals surface area contributed by atoms with Crippen LogP contribution in [0.25, 0.3) is 11.3 Å². The minimum absolute atomic E-state index is 0.551. The molecule has 0 fully saturated rings. The van der Waals surface area contributed by atoms with Crippen molar-refractivity contribution in [3.8, 4) is 11.3 Å². The maximum Gasteiger partial charge on any atom is 0.0889 e. The molecule has 3 heteroatoms. The van der Waals surface area contributed by atoms with Crippen LogP contribution < -0.4 is 0 Å². The summed E-state index contributed by atoms with van der Waals surface area (Å²) in [5, 5.41) is 1.12. The third-order valence-electron chi connectivity index (χ3n) is 1.86. The molecule has 1 heterocycles. The van der Waals surface area contributed by atoms with Crippen LogP contribution in [0.5, 0.6) is 0 Å². The summed E-state index contributed by atoms with van der Waals surface area (Å²) in [7, 11) is 0. The van der Waals surface area contributed by atoms with E-state index in [4.69, 9.17) is 23.2 Å². The first kappa shape index (κ1) is 9.50. The van der Waals surface area contributed by atoms with Gasteiger partial charge in [-0.15, -0.1) is 0 Å². The van der Waals surface area contributed by atoms with Gasteiger partial charge in [-0.1, -0.05) is 53.5 Å². The minimum Gasteiger partial charge on any atom is -0.253 e. The van der Waals surface area contributed by atoms with E-state index < -0.39 is 0 Å². The van der Waals surface area contributed by atoms with Gasteiger partial charge in [0.2, 0.25) is 0 Å². The summed E-state index contributed by atoms with van der Waals surface area (Å²) in [5.74, 6) is 0. The van der Waals surface area contributed by atoms with Crippen LogP contribution in [-0.2, 0) is 0 Å². The molecule has 14 heavy (non-hydrogen) atoms. The molecular formula is C11H7Cl2N. The van der Waals surface area contributed by atoms with Gasteiger partial charge in [0.25, 0.3) is 0 Å². The first-order valence-electron chi connectivity index (χ1n) is 4.14. The van der Waals surface area contributed by atoms with Crippen LogP contribution in [0.1, 0.15) is 0 Å². The Kier molecular flexibility index (Phi) is 2.71. The largest absolute Gasteiger partial charge is 0.253 e. The highest BCUT2D eigenvalue weighted by molar-refractivity contribution is 6.36. The van der Waals surface area contributed by atoms with Gasteiger partial charge in [0, 0.05) is 11.8 Å². The summed E-state index contributed by atoms with van der Waals surface area (Å²) in [6.07, 6.45) is 1.59. The molecule has 0 atom stereocenters. The van der Waals surface area contributed by atoms with Crippen molar-refractivity contribution in [3.05, 3.63) is 52.6 Å². The molecule has 0 unspecified atom stereocenters. The molecule has 1 aromatic carbocycles. The number of nitrogens with zero attached hydrogens (tertiary/aromatic N) is 1. The van der Waals surface area contributed by atoms with E-state index in [2.05, 4.69) is 4.98 Å². The smallest absolute Gasteiger partial charge is 0.0889 e. The zero-order valence-corrected chi connectivity index (χ0v) is 8.76. The van der Waals surface area contributed by atoms with Gasteiger partial charge in [0.15, 0.2) is 0 Å². The topological polar surface area (TPSA) is 12.9 Å². The first-order valence-corrected chi connectivity index (χ1v) is 4.89. The molecule has 0 spiro atoms. The zero-order valence-electron chi connectivity index (χ0n) is 7.24. The second kappa shape index (κ2) is 3.99. The van der Waals surface area contributed by atoms with Crippen molar-refractivity contribution >= 4 is 23.2 Å². The lowest BCUT2D eigenvalue weighted by Crippen LogP contribution is -1.83. The highest BCUT2D eigenvalue weighted by atomic mass is 35.5. The minimum atomic E-state index is 0.551.